The quantitative estimate of drug-likeness (QED) is 0.604. The lowest BCUT2D eigenvalue weighted by molar-refractivity contribution is 0.357. The van der Waals surface area contributed by atoms with E-state index in [2.05, 4.69) is 24.9 Å². The van der Waals surface area contributed by atoms with Gasteiger partial charge in [-0.15, -0.1) is 8.19 Å². The molecule has 90 valence electrons. The smallest absolute Gasteiger partial charge is 0.00404 e. The number of rotatable bonds is 1. The van der Waals surface area contributed by atoms with E-state index < -0.39 is 0 Å². The van der Waals surface area contributed by atoms with Gasteiger partial charge in [-0.3, -0.25) is 0 Å². The summed E-state index contributed by atoms with van der Waals surface area (Å²) < 4.78 is 0. The standard InChI is InChI=1S/C15H25P/c1-15(14-10-9-13-16-14)11-7-5-3-2-4-6-8-12-15/h9-10,13,16H,2-8,11-12H2,1H3. The zero-order valence-corrected chi connectivity index (χ0v) is 11.6. The van der Waals surface area contributed by atoms with Gasteiger partial charge in [-0.1, -0.05) is 64.0 Å². The summed E-state index contributed by atoms with van der Waals surface area (Å²) in [5.74, 6) is 2.35. The van der Waals surface area contributed by atoms with Gasteiger partial charge in [0, 0.05) is 0 Å². The zero-order valence-electron chi connectivity index (χ0n) is 10.6. The van der Waals surface area contributed by atoms with Crippen LogP contribution in [-0.4, -0.2) is 0 Å². The molecule has 0 aliphatic heterocycles. The van der Waals surface area contributed by atoms with E-state index in [4.69, 9.17) is 0 Å². The predicted molar refractivity (Wildman–Crippen MR) is 74.8 cm³/mol. The minimum Gasteiger partial charge on any atom is -0.136 e. The fraction of sp³-hybridized carbons (Fsp3) is 0.733. The molecular weight excluding hydrogens is 211 g/mol. The van der Waals surface area contributed by atoms with Crippen LogP contribution in [0.4, 0.5) is 0 Å². The molecule has 0 bridgehead atoms. The topological polar surface area (TPSA) is 0 Å². The Morgan fingerprint density at radius 3 is 2.00 bits per heavy atom. The Hall–Kier alpha value is -0.220. The summed E-state index contributed by atoms with van der Waals surface area (Å²) in [6, 6.07) is 4.65. The SMILES string of the molecule is CC1(c2ccc[pH]2)CCCCCCCCC1. The van der Waals surface area contributed by atoms with E-state index in [-0.39, 0.29) is 0 Å². The summed E-state index contributed by atoms with van der Waals surface area (Å²) in [5, 5.41) is 1.73. The van der Waals surface area contributed by atoms with Crippen molar-refractivity contribution in [2.24, 2.45) is 0 Å². The van der Waals surface area contributed by atoms with E-state index in [0.717, 1.165) is 8.19 Å². The summed E-state index contributed by atoms with van der Waals surface area (Å²) in [6.45, 7) is 2.51. The number of hydrogen-bond acceptors (Lipinski definition) is 0. The predicted octanol–water partition coefficient (Wildman–Crippen LogP) is 5.50. The molecule has 0 nitrogen and oxygen atoms in total. The van der Waals surface area contributed by atoms with Gasteiger partial charge in [-0.05, 0) is 29.4 Å². The highest BCUT2D eigenvalue weighted by atomic mass is 31.0. The van der Waals surface area contributed by atoms with E-state index in [1.54, 1.807) is 5.30 Å². The Morgan fingerprint density at radius 1 is 0.938 bits per heavy atom. The fourth-order valence-electron chi connectivity index (χ4n) is 3.01. The third kappa shape index (κ3) is 3.14. The molecule has 0 amide bonds. The highest BCUT2D eigenvalue weighted by molar-refractivity contribution is 7.30. The van der Waals surface area contributed by atoms with E-state index in [1.807, 2.05) is 0 Å². The van der Waals surface area contributed by atoms with Crippen LogP contribution >= 0.6 is 8.19 Å². The minimum absolute atomic E-state index is 0.527. The van der Waals surface area contributed by atoms with Crippen molar-refractivity contribution in [2.45, 2.75) is 70.1 Å². The first kappa shape index (κ1) is 12.2. The van der Waals surface area contributed by atoms with Gasteiger partial charge in [0.1, 0.15) is 0 Å². The van der Waals surface area contributed by atoms with E-state index >= 15 is 0 Å². The van der Waals surface area contributed by atoms with Gasteiger partial charge in [-0.25, -0.2) is 0 Å². The lowest BCUT2D eigenvalue weighted by atomic mass is 9.78. The van der Waals surface area contributed by atoms with Crippen LogP contribution in [0.5, 0.6) is 0 Å². The Bertz CT molecular complexity index is 276. The Labute approximate surface area is 102 Å². The molecule has 1 aliphatic rings. The summed E-state index contributed by atoms with van der Waals surface area (Å²) >= 11 is 0. The maximum absolute atomic E-state index is 2.51. The van der Waals surface area contributed by atoms with Crippen LogP contribution < -0.4 is 0 Å². The van der Waals surface area contributed by atoms with Gasteiger partial charge in [0.2, 0.25) is 0 Å². The van der Waals surface area contributed by atoms with Crippen LogP contribution in [-0.2, 0) is 5.41 Å². The average Bonchev–Trinajstić information content (AvgIpc) is 2.81. The van der Waals surface area contributed by atoms with Crippen LogP contribution in [0.1, 0.15) is 70.0 Å². The fourth-order valence-corrected chi connectivity index (χ4v) is 4.18. The van der Waals surface area contributed by atoms with Crippen molar-refractivity contribution < 1.29 is 0 Å². The lowest BCUT2D eigenvalue weighted by Crippen LogP contribution is -2.20. The second kappa shape index (κ2) is 5.92. The molecule has 1 atom stereocenters. The van der Waals surface area contributed by atoms with Crippen LogP contribution in [0.25, 0.3) is 0 Å². The molecule has 1 aromatic rings. The summed E-state index contributed by atoms with van der Waals surface area (Å²) in [7, 11) is 0.973. The zero-order chi connectivity index (χ0) is 11.3. The van der Waals surface area contributed by atoms with Crippen molar-refractivity contribution >= 4 is 8.19 Å². The maximum atomic E-state index is 2.51. The van der Waals surface area contributed by atoms with E-state index in [9.17, 15) is 0 Å². The first-order chi connectivity index (χ1) is 7.81. The second-order valence-corrected chi connectivity index (χ2v) is 6.78. The molecule has 1 saturated carbocycles. The molecule has 1 unspecified atom stereocenters. The van der Waals surface area contributed by atoms with Crippen molar-refractivity contribution in [3.8, 4) is 0 Å². The molecule has 0 saturated heterocycles. The van der Waals surface area contributed by atoms with Gasteiger partial charge in [0.25, 0.3) is 0 Å². The van der Waals surface area contributed by atoms with Crippen LogP contribution in [0.3, 0.4) is 0 Å². The van der Waals surface area contributed by atoms with Crippen molar-refractivity contribution in [1.29, 1.82) is 0 Å². The molecule has 0 aromatic carbocycles. The highest BCUT2D eigenvalue weighted by Gasteiger charge is 2.26. The molecule has 0 spiro atoms. The third-order valence-corrected chi connectivity index (χ3v) is 5.65. The normalized spacial score (nSPS) is 23.3. The molecule has 0 radical (unpaired) electrons. The van der Waals surface area contributed by atoms with Crippen molar-refractivity contribution in [1.82, 2.24) is 0 Å². The van der Waals surface area contributed by atoms with Gasteiger partial charge < -0.3 is 0 Å². The molecule has 1 aliphatic carbocycles. The molecule has 1 aromatic heterocycles. The monoisotopic (exact) mass is 236 g/mol. The minimum atomic E-state index is 0.527. The molecule has 0 N–H and O–H groups in total. The largest absolute Gasteiger partial charge is 0.136 e. The molecular formula is C15H25P. The van der Waals surface area contributed by atoms with Crippen molar-refractivity contribution in [3.63, 3.8) is 0 Å². The highest BCUT2D eigenvalue weighted by Crippen LogP contribution is 2.40. The first-order valence-corrected chi connectivity index (χ1v) is 8.03. The average molecular weight is 236 g/mol. The molecule has 16 heavy (non-hydrogen) atoms. The van der Waals surface area contributed by atoms with Crippen LogP contribution in [0, 0.1) is 0 Å². The van der Waals surface area contributed by atoms with Gasteiger partial charge in [-0.2, -0.15) is 0 Å². The third-order valence-electron chi connectivity index (χ3n) is 4.21. The Morgan fingerprint density at radius 2 is 1.50 bits per heavy atom. The Balaban J connectivity index is 2.03. The summed E-state index contributed by atoms with van der Waals surface area (Å²) in [5.41, 5.74) is 0.527. The lowest BCUT2D eigenvalue weighted by Gasteiger charge is -2.30. The maximum Gasteiger partial charge on any atom is -0.00404 e. The molecule has 2 rings (SSSR count). The first-order valence-electron chi connectivity index (χ1n) is 6.95. The molecule has 1 heteroatoms. The van der Waals surface area contributed by atoms with Gasteiger partial charge in [0.05, 0.1) is 0 Å². The number of hydrogen-bond donors (Lipinski definition) is 0. The van der Waals surface area contributed by atoms with E-state index in [1.165, 1.54) is 57.8 Å². The Kier molecular flexibility index (Phi) is 4.53. The second-order valence-electron chi connectivity index (χ2n) is 5.62. The summed E-state index contributed by atoms with van der Waals surface area (Å²) in [4.78, 5) is 0. The van der Waals surface area contributed by atoms with Crippen LogP contribution in [0.15, 0.2) is 17.9 Å². The van der Waals surface area contributed by atoms with Crippen LogP contribution in [0.2, 0.25) is 0 Å². The molecule has 1 fully saturated rings. The summed E-state index contributed by atoms with van der Waals surface area (Å²) in [6.07, 6.45) is 13.1. The van der Waals surface area contributed by atoms with Gasteiger partial charge >= 0.3 is 0 Å². The van der Waals surface area contributed by atoms with Crippen molar-refractivity contribution in [3.05, 3.63) is 23.2 Å². The molecule has 1 heterocycles. The van der Waals surface area contributed by atoms with Crippen molar-refractivity contribution in [2.75, 3.05) is 0 Å². The van der Waals surface area contributed by atoms with Gasteiger partial charge in [0.15, 0.2) is 0 Å². The van der Waals surface area contributed by atoms with E-state index in [0.29, 0.717) is 5.41 Å².